The SMILES string of the molecule is CCc1c(Cl)ncnc1N(C)Cc1ccc(C)cc1. The van der Waals surface area contributed by atoms with E-state index in [0.717, 1.165) is 24.3 Å². The van der Waals surface area contributed by atoms with Gasteiger partial charge in [0.05, 0.1) is 0 Å². The average molecular weight is 276 g/mol. The molecule has 2 aromatic rings. The molecule has 0 N–H and O–H groups in total. The van der Waals surface area contributed by atoms with E-state index >= 15 is 0 Å². The Hall–Kier alpha value is -1.61. The predicted molar refractivity (Wildman–Crippen MR) is 79.7 cm³/mol. The van der Waals surface area contributed by atoms with Crippen molar-refractivity contribution in [1.82, 2.24) is 9.97 Å². The number of halogens is 1. The van der Waals surface area contributed by atoms with Gasteiger partial charge in [-0.25, -0.2) is 9.97 Å². The maximum Gasteiger partial charge on any atom is 0.137 e. The van der Waals surface area contributed by atoms with E-state index in [0.29, 0.717) is 5.15 Å². The molecule has 2 rings (SSSR count). The highest BCUT2D eigenvalue weighted by Gasteiger charge is 2.12. The Labute approximate surface area is 119 Å². The molecular weight excluding hydrogens is 258 g/mol. The Morgan fingerprint density at radius 1 is 1.16 bits per heavy atom. The van der Waals surface area contributed by atoms with Crippen molar-refractivity contribution in [2.75, 3.05) is 11.9 Å². The van der Waals surface area contributed by atoms with Crippen molar-refractivity contribution in [1.29, 1.82) is 0 Å². The van der Waals surface area contributed by atoms with Crippen LogP contribution >= 0.6 is 11.6 Å². The van der Waals surface area contributed by atoms with Gasteiger partial charge in [-0.3, -0.25) is 0 Å². The molecule has 0 aliphatic heterocycles. The van der Waals surface area contributed by atoms with E-state index in [1.165, 1.54) is 17.5 Å². The van der Waals surface area contributed by atoms with Gasteiger partial charge in [-0.1, -0.05) is 48.4 Å². The summed E-state index contributed by atoms with van der Waals surface area (Å²) in [6.45, 7) is 4.96. The summed E-state index contributed by atoms with van der Waals surface area (Å²) in [5.41, 5.74) is 3.52. The van der Waals surface area contributed by atoms with Crippen LogP contribution in [0.5, 0.6) is 0 Å². The molecule has 0 saturated heterocycles. The van der Waals surface area contributed by atoms with Gasteiger partial charge < -0.3 is 4.90 Å². The third-order valence-corrected chi connectivity index (χ3v) is 3.45. The lowest BCUT2D eigenvalue weighted by Crippen LogP contribution is -2.19. The molecule has 0 amide bonds. The monoisotopic (exact) mass is 275 g/mol. The smallest absolute Gasteiger partial charge is 0.137 e. The lowest BCUT2D eigenvalue weighted by molar-refractivity contribution is 0.870. The van der Waals surface area contributed by atoms with Crippen LogP contribution in [0.15, 0.2) is 30.6 Å². The van der Waals surface area contributed by atoms with Gasteiger partial charge in [-0.05, 0) is 18.9 Å². The summed E-state index contributed by atoms with van der Waals surface area (Å²) >= 11 is 6.12. The lowest BCUT2D eigenvalue weighted by Gasteiger charge is -2.21. The van der Waals surface area contributed by atoms with Gasteiger partial charge in [-0.15, -0.1) is 0 Å². The number of aryl methyl sites for hydroxylation is 1. The van der Waals surface area contributed by atoms with Gasteiger partial charge in [0.25, 0.3) is 0 Å². The first-order valence-electron chi connectivity index (χ1n) is 6.38. The third-order valence-electron chi connectivity index (χ3n) is 3.13. The first-order chi connectivity index (χ1) is 9.11. The highest BCUT2D eigenvalue weighted by molar-refractivity contribution is 6.30. The third kappa shape index (κ3) is 3.24. The number of rotatable bonds is 4. The molecule has 1 heterocycles. The zero-order valence-corrected chi connectivity index (χ0v) is 12.3. The van der Waals surface area contributed by atoms with Crippen LogP contribution in [0, 0.1) is 6.92 Å². The van der Waals surface area contributed by atoms with Gasteiger partial charge in [0, 0.05) is 19.2 Å². The predicted octanol–water partition coefficient (Wildman–Crippen LogP) is 3.64. The van der Waals surface area contributed by atoms with Gasteiger partial charge in [0.1, 0.15) is 17.3 Å². The average Bonchev–Trinajstić information content (AvgIpc) is 2.41. The van der Waals surface area contributed by atoms with Crippen LogP contribution in [0.3, 0.4) is 0 Å². The standard InChI is InChI=1S/C15H18ClN3/c1-4-13-14(16)17-10-18-15(13)19(3)9-12-7-5-11(2)6-8-12/h5-8,10H,4,9H2,1-3H3. The Balaban J connectivity index is 2.22. The van der Waals surface area contributed by atoms with Crippen molar-refractivity contribution in [3.05, 3.63) is 52.4 Å². The molecule has 4 heteroatoms. The number of nitrogens with zero attached hydrogens (tertiary/aromatic N) is 3. The number of aromatic nitrogens is 2. The van der Waals surface area contributed by atoms with E-state index in [1.54, 1.807) is 0 Å². The molecule has 1 aromatic heterocycles. The van der Waals surface area contributed by atoms with Crippen LogP contribution in [0.4, 0.5) is 5.82 Å². The number of benzene rings is 1. The first kappa shape index (κ1) is 13.8. The number of hydrogen-bond donors (Lipinski definition) is 0. The van der Waals surface area contributed by atoms with Crippen LogP contribution in [-0.2, 0) is 13.0 Å². The minimum Gasteiger partial charge on any atom is -0.355 e. The van der Waals surface area contributed by atoms with E-state index in [4.69, 9.17) is 11.6 Å². The van der Waals surface area contributed by atoms with E-state index in [-0.39, 0.29) is 0 Å². The van der Waals surface area contributed by atoms with Crippen molar-refractivity contribution in [2.45, 2.75) is 26.8 Å². The van der Waals surface area contributed by atoms with Crippen molar-refractivity contribution in [3.63, 3.8) is 0 Å². The minimum absolute atomic E-state index is 0.545. The molecule has 0 unspecified atom stereocenters. The van der Waals surface area contributed by atoms with Crippen LogP contribution in [0.1, 0.15) is 23.6 Å². The van der Waals surface area contributed by atoms with E-state index < -0.39 is 0 Å². The maximum atomic E-state index is 6.12. The first-order valence-corrected chi connectivity index (χ1v) is 6.75. The topological polar surface area (TPSA) is 29.0 Å². The fourth-order valence-electron chi connectivity index (χ4n) is 2.06. The molecule has 0 bridgehead atoms. The molecule has 3 nitrogen and oxygen atoms in total. The summed E-state index contributed by atoms with van der Waals surface area (Å²) < 4.78 is 0. The minimum atomic E-state index is 0.545. The molecule has 0 fully saturated rings. The van der Waals surface area contributed by atoms with E-state index in [2.05, 4.69) is 53.0 Å². The van der Waals surface area contributed by atoms with Crippen LogP contribution in [0.25, 0.3) is 0 Å². The van der Waals surface area contributed by atoms with Gasteiger partial charge in [-0.2, -0.15) is 0 Å². The molecule has 0 radical (unpaired) electrons. The summed E-state index contributed by atoms with van der Waals surface area (Å²) in [6.07, 6.45) is 2.34. The largest absolute Gasteiger partial charge is 0.355 e. The zero-order valence-electron chi connectivity index (χ0n) is 11.5. The zero-order chi connectivity index (χ0) is 13.8. The molecule has 1 aromatic carbocycles. The van der Waals surface area contributed by atoms with Crippen molar-refractivity contribution in [3.8, 4) is 0 Å². The summed E-state index contributed by atoms with van der Waals surface area (Å²) in [5, 5.41) is 0.545. The Kier molecular flexibility index (Phi) is 4.38. The molecule has 0 spiro atoms. The fraction of sp³-hybridized carbons (Fsp3) is 0.333. The van der Waals surface area contributed by atoms with Crippen LogP contribution in [0.2, 0.25) is 5.15 Å². The molecule has 19 heavy (non-hydrogen) atoms. The van der Waals surface area contributed by atoms with E-state index in [9.17, 15) is 0 Å². The number of anilines is 1. The highest BCUT2D eigenvalue weighted by atomic mass is 35.5. The Morgan fingerprint density at radius 2 is 1.84 bits per heavy atom. The quantitative estimate of drug-likeness (QED) is 0.798. The molecule has 0 aliphatic carbocycles. The maximum absolute atomic E-state index is 6.12. The van der Waals surface area contributed by atoms with Crippen molar-refractivity contribution in [2.24, 2.45) is 0 Å². The van der Waals surface area contributed by atoms with Gasteiger partial charge >= 0.3 is 0 Å². The second-order valence-corrected chi connectivity index (χ2v) is 5.02. The summed E-state index contributed by atoms with van der Waals surface area (Å²) in [4.78, 5) is 10.5. The second-order valence-electron chi connectivity index (χ2n) is 4.66. The molecule has 0 aliphatic rings. The molecule has 0 atom stereocenters. The second kappa shape index (κ2) is 6.02. The number of hydrogen-bond acceptors (Lipinski definition) is 3. The summed E-state index contributed by atoms with van der Waals surface area (Å²) in [5.74, 6) is 0.906. The van der Waals surface area contributed by atoms with Crippen molar-refractivity contribution >= 4 is 17.4 Å². The van der Waals surface area contributed by atoms with Crippen molar-refractivity contribution < 1.29 is 0 Å². The van der Waals surface area contributed by atoms with Gasteiger partial charge in [0.15, 0.2) is 0 Å². The Bertz CT molecular complexity index is 552. The molecule has 0 saturated carbocycles. The molecule has 100 valence electrons. The lowest BCUT2D eigenvalue weighted by atomic mass is 10.1. The highest BCUT2D eigenvalue weighted by Crippen LogP contribution is 2.24. The summed E-state index contributed by atoms with van der Waals surface area (Å²) in [7, 11) is 2.03. The van der Waals surface area contributed by atoms with Gasteiger partial charge in [0.2, 0.25) is 0 Å². The van der Waals surface area contributed by atoms with Crippen LogP contribution in [-0.4, -0.2) is 17.0 Å². The molecular formula is C15H18ClN3. The normalized spacial score (nSPS) is 10.5. The van der Waals surface area contributed by atoms with Crippen LogP contribution < -0.4 is 4.90 Å². The van der Waals surface area contributed by atoms with E-state index in [1.807, 2.05) is 7.05 Å². The summed E-state index contributed by atoms with van der Waals surface area (Å²) in [6, 6.07) is 8.52. The fourth-order valence-corrected chi connectivity index (χ4v) is 2.32. The Morgan fingerprint density at radius 3 is 2.47 bits per heavy atom.